The first-order valence-corrected chi connectivity index (χ1v) is 6.58. The summed E-state index contributed by atoms with van der Waals surface area (Å²) in [6.45, 7) is 2.32. The van der Waals surface area contributed by atoms with E-state index in [4.69, 9.17) is 16.0 Å². The molecule has 0 saturated heterocycles. The highest BCUT2D eigenvalue weighted by Crippen LogP contribution is 2.16. The molecule has 2 rings (SSSR count). The third-order valence-corrected chi connectivity index (χ3v) is 3.56. The normalized spacial score (nSPS) is 10.5. The first-order valence-electron chi connectivity index (χ1n) is 5.16. The Bertz CT molecular complexity index is 505. The van der Waals surface area contributed by atoms with Gasteiger partial charge in [0.1, 0.15) is 5.76 Å². The number of hydrogen-bond donors (Lipinski definition) is 1. The topological polar surface area (TPSA) is 42.2 Å². The number of aryl methyl sites for hydroxylation is 1. The van der Waals surface area contributed by atoms with Crippen molar-refractivity contribution < 1.29 is 9.21 Å². The summed E-state index contributed by atoms with van der Waals surface area (Å²) in [6.07, 6.45) is 0. The zero-order chi connectivity index (χ0) is 12.3. The van der Waals surface area contributed by atoms with Gasteiger partial charge in [-0.2, -0.15) is 0 Å². The number of halogens is 1. The first-order chi connectivity index (χ1) is 8.20. The number of rotatable bonds is 4. The Labute approximate surface area is 108 Å². The van der Waals surface area contributed by atoms with Gasteiger partial charge in [0, 0.05) is 10.4 Å². The minimum atomic E-state index is -0.210. The molecule has 0 aromatic carbocycles. The van der Waals surface area contributed by atoms with E-state index in [1.807, 2.05) is 17.5 Å². The maximum Gasteiger partial charge on any atom is 0.287 e. The molecule has 90 valence electrons. The SMILES string of the molecule is Cc1oc(C(=O)NCc2cccs2)cc1CCl. The third kappa shape index (κ3) is 2.90. The Morgan fingerprint density at radius 1 is 1.59 bits per heavy atom. The Morgan fingerprint density at radius 3 is 3.00 bits per heavy atom. The number of alkyl halides is 1. The van der Waals surface area contributed by atoms with Gasteiger partial charge in [-0.05, 0) is 24.4 Å². The molecule has 0 aliphatic heterocycles. The molecule has 0 aliphatic carbocycles. The van der Waals surface area contributed by atoms with Crippen molar-refractivity contribution in [3.8, 4) is 0 Å². The maximum absolute atomic E-state index is 11.8. The Hall–Kier alpha value is -1.26. The van der Waals surface area contributed by atoms with Crippen LogP contribution in [0.25, 0.3) is 0 Å². The lowest BCUT2D eigenvalue weighted by molar-refractivity contribution is 0.0922. The molecule has 0 spiro atoms. The van der Waals surface area contributed by atoms with Gasteiger partial charge in [-0.1, -0.05) is 6.07 Å². The monoisotopic (exact) mass is 269 g/mol. The van der Waals surface area contributed by atoms with Crippen LogP contribution in [0.3, 0.4) is 0 Å². The summed E-state index contributed by atoms with van der Waals surface area (Å²) < 4.78 is 5.34. The Balaban J connectivity index is 1.99. The molecule has 0 aliphatic rings. The predicted octanol–water partition coefficient (Wildman–Crippen LogP) is 3.32. The van der Waals surface area contributed by atoms with E-state index in [1.54, 1.807) is 24.3 Å². The average molecular weight is 270 g/mol. The largest absolute Gasteiger partial charge is 0.456 e. The molecule has 2 aromatic heterocycles. The molecular formula is C12H12ClNO2S. The van der Waals surface area contributed by atoms with E-state index in [2.05, 4.69) is 5.32 Å². The van der Waals surface area contributed by atoms with Crippen LogP contribution in [0, 0.1) is 6.92 Å². The van der Waals surface area contributed by atoms with Crippen LogP contribution in [0.5, 0.6) is 0 Å². The van der Waals surface area contributed by atoms with Crippen molar-refractivity contribution in [2.24, 2.45) is 0 Å². The van der Waals surface area contributed by atoms with Crippen molar-refractivity contribution in [2.75, 3.05) is 0 Å². The fourth-order valence-electron chi connectivity index (χ4n) is 1.43. The Kier molecular flexibility index (Phi) is 3.86. The lowest BCUT2D eigenvalue weighted by atomic mass is 10.3. The van der Waals surface area contributed by atoms with Crippen LogP contribution in [0.1, 0.15) is 26.8 Å². The second kappa shape index (κ2) is 5.38. The number of thiophene rings is 1. The summed E-state index contributed by atoms with van der Waals surface area (Å²) in [6, 6.07) is 5.61. The third-order valence-electron chi connectivity index (χ3n) is 2.39. The van der Waals surface area contributed by atoms with Crippen LogP contribution < -0.4 is 5.32 Å². The van der Waals surface area contributed by atoms with Gasteiger partial charge in [0.15, 0.2) is 5.76 Å². The van der Waals surface area contributed by atoms with Crippen molar-refractivity contribution in [3.05, 3.63) is 45.5 Å². The first kappa shape index (κ1) is 12.2. The molecule has 0 saturated carbocycles. The molecule has 17 heavy (non-hydrogen) atoms. The second-order valence-corrected chi connectivity index (χ2v) is 4.89. The van der Waals surface area contributed by atoms with Gasteiger partial charge in [0.25, 0.3) is 5.91 Å². The van der Waals surface area contributed by atoms with Crippen molar-refractivity contribution in [1.29, 1.82) is 0 Å². The van der Waals surface area contributed by atoms with E-state index in [-0.39, 0.29) is 5.91 Å². The van der Waals surface area contributed by atoms with Gasteiger partial charge < -0.3 is 9.73 Å². The summed E-state index contributed by atoms with van der Waals surface area (Å²) in [5, 5.41) is 4.78. The molecule has 5 heteroatoms. The maximum atomic E-state index is 11.8. The minimum Gasteiger partial charge on any atom is -0.456 e. The van der Waals surface area contributed by atoms with Gasteiger partial charge in [-0.3, -0.25) is 4.79 Å². The fraction of sp³-hybridized carbons (Fsp3) is 0.250. The summed E-state index contributed by atoms with van der Waals surface area (Å²) in [5.41, 5.74) is 0.855. The summed E-state index contributed by atoms with van der Waals surface area (Å²) in [7, 11) is 0. The smallest absolute Gasteiger partial charge is 0.287 e. The number of hydrogen-bond acceptors (Lipinski definition) is 3. The van der Waals surface area contributed by atoms with Crippen LogP contribution in [-0.2, 0) is 12.4 Å². The zero-order valence-electron chi connectivity index (χ0n) is 9.33. The van der Waals surface area contributed by atoms with Crippen LogP contribution in [0.2, 0.25) is 0 Å². The van der Waals surface area contributed by atoms with Gasteiger partial charge in [-0.25, -0.2) is 0 Å². The molecule has 0 radical (unpaired) electrons. The molecule has 2 aromatic rings. The van der Waals surface area contributed by atoms with Crippen LogP contribution in [0.15, 0.2) is 28.0 Å². The molecule has 1 amide bonds. The van der Waals surface area contributed by atoms with Crippen molar-refractivity contribution >= 4 is 28.8 Å². The summed E-state index contributed by atoms with van der Waals surface area (Å²) in [4.78, 5) is 12.9. The van der Waals surface area contributed by atoms with E-state index in [1.165, 1.54) is 0 Å². The lowest BCUT2D eigenvalue weighted by Crippen LogP contribution is -2.21. The number of carbonyl (C=O) groups excluding carboxylic acids is 1. The summed E-state index contributed by atoms with van der Waals surface area (Å²) >= 11 is 7.32. The van der Waals surface area contributed by atoms with E-state index in [0.717, 1.165) is 10.4 Å². The highest BCUT2D eigenvalue weighted by atomic mass is 35.5. The average Bonchev–Trinajstić information content (AvgIpc) is 2.94. The molecule has 1 N–H and O–H groups in total. The molecule has 0 unspecified atom stereocenters. The lowest BCUT2D eigenvalue weighted by Gasteiger charge is -1.99. The van der Waals surface area contributed by atoms with Crippen LogP contribution >= 0.6 is 22.9 Å². The summed E-state index contributed by atoms with van der Waals surface area (Å²) in [5.74, 6) is 1.15. The standard InChI is InChI=1S/C12H12ClNO2S/c1-8-9(6-13)5-11(16-8)12(15)14-7-10-3-2-4-17-10/h2-5H,6-7H2,1H3,(H,14,15). The number of carbonyl (C=O) groups is 1. The van der Waals surface area contributed by atoms with Gasteiger partial charge in [0.05, 0.1) is 12.4 Å². The predicted molar refractivity (Wildman–Crippen MR) is 68.5 cm³/mol. The van der Waals surface area contributed by atoms with Gasteiger partial charge in [-0.15, -0.1) is 22.9 Å². The van der Waals surface area contributed by atoms with Crippen molar-refractivity contribution in [2.45, 2.75) is 19.3 Å². The molecule has 0 fully saturated rings. The van der Waals surface area contributed by atoms with Gasteiger partial charge >= 0.3 is 0 Å². The van der Waals surface area contributed by atoms with E-state index >= 15 is 0 Å². The van der Waals surface area contributed by atoms with Gasteiger partial charge in [0.2, 0.25) is 0 Å². The van der Waals surface area contributed by atoms with Crippen LogP contribution in [0.4, 0.5) is 0 Å². The second-order valence-electron chi connectivity index (χ2n) is 3.59. The van der Waals surface area contributed by atoms with E-state index in [9.17, 15) is 4.79 Å². The number of nitrogens with one attached hydrogen (secondary N) is 1. The molecule has 2 heterocycles. The zero-order valence-corrected chi connectivity index (χ0v) is 10.9. The molecule has 0 bridgehead atoms. The fourth-order valence-corrected chi connectivity index (χ4v) is 2.34. The number of amides is 1. The van der Waals surface area contributed by atoms with Crippen molar-refractivity contribution in [1.82, 2.24) is 5.32 Å². The van der Waals surface area contributed by atoms with Crippen LogP contribution in [-0.4, -0.2) is 5.91 Å². The van der Waals surface area contributed by atoms with E-state index in [0.29, 0.717) is 23.9 Å². The molecule has 3 nitrogen and oxygen atoms in total. The highest BCUT2D eigenvalue weighted by Gasteiger charge is 2.13. The molecule has 0 atom stereocenters. The van der Waals surface area contributed by atoms with E-state index < -0.39 is 0 Å². The number of furan rings is 1. The Morgan fingerprint density at radius 2 is 2.41 bits per heavy atom. The van der Waals surface area contributed by atoms with Crippen molar-refractivity contribution in [3.63, 3.8) is 0 Å². The highest BCUT2D eigenvalue weighted by molar-refractivity contribution is 7.09. The quantitative estimate of drug-likeness (QED) is 0.865. The minimum absolute atomic E-state index is 0.210. The molecular weight excluding hydrogens is 258 g/mol.